The number of benzene rings is 2. The molecule has 6 nitrogen and oxygen atoms in total. The normalized spacial score (nSPS) is 11.8. The Bertz CT molecular complexity index is 1150. The van der Waals surface area contributed by atoms with Crippen molar-refractivity contribution in [1.82, 2.24) is 4.57 Å². The van der Waals surface area contributed by atoms with Gasteiger partial charge < -0.3 is 14.0 Å². The molecule has 2 aromatic carbocycles. The Morgan fingerprint density at radius 2 is 1.90 bits per heavy atom. The first-order valence-corrected chi connectivity index (χ1v) is 10.2. The van der Waals surface area contributed by atoms with Crippen molar-refractivity contribution in [2.75, 3.05) is 19.8 Å². The number of carbonyl (C=O) groups excluding carboxylic acids is 2. The number of ether oxygens (including phenoxy) is 2. The summed E-state index contributed by atoms with van der Waals surface area (Å²) in [5.74, 6) is -3.02. The number of hydrogen-bond donors (Lipinski definition) is 0. The summed E-state index contributed by atoms with van der Waals surface area (Å²) in [4.78, 5) is 28.9. The molecule has 3 aromatic rings. The molecule has 0 radical (unpaired) electrons. The van der Waals surface area contributed by atoms with Crippen molar-refractivity contribution in [2.24, 2.45) is 4.99 Å². The molecule has 0 aliphatic heterocycles. The number of fused-ring (bicyclic) bond motifs is 1. The molecule has 9 heteroatoms. The lowest BCUT2D eigenvalue weighted by molar-refractivity contribution is 0.0526. The van der Waals surface area contributed by atoms with Crippen LogP contribution in [-0.2, 0) is 16.0 Å². The average molecular weight is 434 g/mol. The Labute approximate surface area is 175 Å². The summed E-state index contributed by atoms with van der Waals surface area (Å²) in [7, 11) is 0. The van der Waals surface area contributed by atoms with Crippen LogP contribution in [0.1, 0.15) is 34.6 Å². The molecule has 0 fully saturated rings. The molecule has 3 rings (SSSR count). The second-order valence-electron chi connectivity index (χ2n) is 6.18. The monoisotopic (exact) mass is 434 g/mol. The summed E-state index contributed by atoms with van der Waals surface area (Å²) < 4.78 is 40.0. The standard InChI is InChI=1S/C21H20F2N2O4S/c1-3-28-10-9-25-17-8-5-13(20(27)29-4-2)11-18(17)30-21(25)24-19(26)15-7-6-14(22)12-16(15)23/h5-8,11-12H,3-4,9-10H2,1-2H3. The fourth-order valence-electron chi connectivity index (χ4n) is 2.83. The zero-order valence-corrected chi connectivity index (χ0v) is 17.3. The van der Waals surface area contributed by atoms with Crippen LogP contribution in [0.15, 0.2) is 41.4 Å². The number of nitrogens with zero attached hydrogens (tertiary/aromatic N) is 2. The van der Waals surface area contributed by atoms with Crippen LogP contribution in [-0.4, -0.2) is 36.3 Å². The highest BCUT2D eigenvalue weighted by atomic mass is 32.1. The summed E-state index contributed by atoms with van der Waals surface area (Å²) in [5, 5.41) is 0. The van der Waals surface area contributed by atoms with Crippen molar-refractivity contribution in [3.63, 3.8) is 0 Å². The van der Waals surface area contributed by atoms with Gasteiger partial charge in [0, 0.05) is 19.2 Å². The number of thiazole rings is 1. The maximum atomic E-state index is 14.0. The van der Waals surface area contributed by atoms with Crippen molar-refractivity contribution < 1.29 is 27.8 Å². The van der Waals surface area contributed by atoms with Gasteiger partial charge in [-0.15, -0.1) is 0 Å². The third-order valence-electron chi connectivity index (χ3n) is 4.22. The van der Waals surface area contributed by atoms with Gasteiger partial charge in [-0.1, -0.05) is 11.3 Å². The quantitative estimate of drug-likeness (QED) is 0.417. The van der Waals surface area contributed by atoms with Gasteiger partial charge in [-0.2, -0.15) is 4.99 Å². The SMILES string of the molecule is CCOCCn1c(=NC(=O)c2ccc(F)cc2F)sc2cc(C(=O)OCC)ccc21. The van der Waals surface area contributed by atoms with E-state index in [2.05, 4.69) is 4.99 Å². The van der Waals surface area contributed by atoms with Crippen molar-refractivity contribution in [3.05, 3.63) is 64.0 Å². The molecule has 0 spiro atoms. The second-order valence-corrected chi connectivity index (χ2v) is 7.19. The van der Waals surface area contributed by atoms with E-state index < -0.39 is 23.5 Å². The number of esters is 1. The topological polar surface area (TPSA) is 69.9 Å². The summed E-state index contributed by atoms with van der Waals surface area (Å²) in [5.41, 5.74) is 0.807. The molecule has 0 atom stereocenters. The molecule has 0 N–H and O–H groups in total. The Kier molecular flexibility index (Phi) is 7.07. The van der Waals surface area contributed by atoms with Gasteiger partial charge in [0.05, 0.1) is 34.6 Å². The van der Waals surface area contributed by atoms with E-state index in [1.807, 2.05) is 6.92 Å². The molecule has 0 unspecified atom stereocenters. The zero-order valence-electron chi connectivity index (χ0n) is 16.5. The molecular formula is C21H20F2N2O4S. The number of rotatable bonds is 7. The first-order valence-electron chi connectivity index (χ1n) is 9.37. The Hall–Kier alpha value is -2.91. The summed E-state index contributed by atoms with van der Waals surface area (Å²) in [6.45, 7) is 5.17. The maximum Gasteiger partial charge on any atom is 0.338 e. The van der Waals surface area contributed by atoms with E-state index in [1.54, 1.807) is 29.7 Å². The van der Waals surface area contributed by atoms with E-state index >= 15 is 0 Å². The highest BCUT2D eigenvalue weighted by Crippen LogP contribution is 2.20. The smallest absolute Gasteiger partial charge is 0.338 e. The van der Waals surface area contributed by atoms with Gasteiger partial charge in [0.15, 0.2) is 4.80 Å². The van der Waals surface area contributed by atoms with Gasteiger partial charge in [-0.05, 0) is 44.2 Å². The predicted molar refractivity (Wildman–Crippen MR) is 109 cm³/mol. The van der Waals surface area contributed by atoms with Gasteiger partial charge in [0.2, 0.25) is 0 Å². The van der Waals surface area contributed by atoms with E-state index in [0.29, 0.717) is 40.9 Å². The summed E-state index contributed by atoms with van der Waals surface area (Å²) in [6, 6.07) is 7.75. The van der Waals surface area contributed by atoms with Gasteiger partial charge in [-0.25, -0.2) is 13.6 Å². The van der Waals surface area contributed by atoms with E-state index in [4.69, 9.17) is 9.47 Å². The minimum atomic E-state index is -0.977. The molecule has 158 valence electrons. The van der Waals surface area contributed by atoms with Crippen molar-refractivity contribution in [3.8, 4) is 0 Å². The maximum absolute atomic E-state index is 14.0. The third-order valence-corrected chi connectivity index (χ3v) is 5.26. The molecule has 1 amide bonds. The Balaban J connectivity index is 2.08. The molecule has 0 aliphatic rings. The summed E-state index contributed by atoms with van der Waals surface area (Å²) in [6.07, 6.45) is 0. The van der Waals surface area contributed by atoms with Crippen molar-refractivity contribution in [2.45, 2.75) is 20.4 Å². The van der Waals surface area contributed by atoms with Crippen molar-refractivity contribution >= 4 is 33.4 Å². The largest absolute Gasteiger partial charge is 0.462 e. The van der Waals surface area contributed by atoms with Crippen molar-refractivity contribution in [1.29, 1.82) is 0 Å². The predicted octanol–water partition coefficient (Wildman–Crippen LogP) is 3.94. The molecule has 30 heavy (non-hydrogen) atoms. The van der Waals surface area contributed by atoms with Crippen LogP contribution in [0, 0.1) is 11.6 Å². The molecule has 1 aromatic heterocycles. The van der Waals surface area contributed by atoms with Gasteiger partial charge in [-0.3, -0.25) is 4.79 Å². The Morgan fingerprint density at radius 3 is 2.60 bits per heavy atom. The molecule has 0 saturated heterocycles. The highest BCUT2D eigenvalue weighted by molar-refractivity contribution is 7.16. The van der Waals surface area contributed by atoms with E-state index in [1.165, 1.54) is 11.3 Å². The summed E-state index contributed by atoms with van der Waals surface area (Å²) >= 11 is 1.18. The molecule has 1 heterocycles. The van der Waals surface area contributed by atoms with Crippen LogP contribution >= 0.6 is 11.3 Å². The molecule has 0 saturated carbocycles. The lowest BCUT2D eigenvalue weighted by Gasteiger charge is -2.06. The van der Waals surface area contributed by atoms with Crippen LogP contribution in [0.5, 0.6) is 0 Å². The number of hydrogen-bond acceptors (Lipinski definition) is 5. The van der Waals surface area contributed by atoms with Gasteiger partial charge in [0.25, 0.3) is 5.91 Å². The fraction of sp³-hybridized carbons (Fsp3) is 0.286. The Morgan fingerprint density at radius 1 is 1.10 bits per heavy atom. The van der Waals surface area contributed by atoms with E-state index in [0.717, 1.165) is 17.6 Å². The highest BCUT2D eigenvalue weighted by Gasteiger charge is 2.15. The number of carbonyl (C=O) groups is 2. The first kappa shape index (κ1) is 21.8. The van der Waals surface area contributed by atoms with E-state index in [9.17, 15) is 18.4 Å². The molecule has 0 bridgehead atoms. The number of aromatic nitrogens is 1. The van der Waals surface area contributed by atoms with Crippen LogP contribution in [0.2, 0.25) is 0 Å². The minimum absolute atomic E-state index is 0.258. The van der Waals surface area contributed by atoms with Crippen LogP contribution in [0.3, 0.4) is 0 Å². The molecule has 0 aliphatic carbocycles. The van der Waals surface area contributed by atoms with Crippen LogP contribution < -0.4 is 4.80 Å². The second kappa shape index (κ2) is 9.73. The third kappa shape index (κ3) is 4.80. The number of amides is 1. The number of halogens is 2. The van der Waals surface area contributed by atoms with Gasteiger partial charge >= 0.3 is 5.97 Å². The van der Waals surface area contributed by atoms with Crippen LogP contribution in [0.4, 0.5) is 8.78 Å². The molecular weight excluding hydrogens is 414 g/mol. The average Bonchev–Trinajstić information content (AvgIpc) is 3.04. The fourth-order valence-corrected chi connectivity index (χ4v) is 3.92. The van der Waals surface area contributed by atoms with E-state index in [-0.39, 0.29) is 12.2 Å². The minimum Gasteiger partial charge on any atom is -0.462 e. The lowest BCUT2D eigenvalue weighted by atomic mass is 10.2. The zero-order chi connectivity index (χ0) is 21.7. The lowest BCUT2D eigenvalue weighted by Crippen LogP contribution is -2.20. The first-order chi connectivity index (χ1) is 14.4. The van der Waals surface area contributed by atoms with Crippen LogP contribution in [0.25, 0.3) is 10.2 Å². The van der Waals surface area contributed by atoms with Gasteiger partial charge in [0.1, 0.15) is 11.6 Å².